The zero-order valence-electron chi connectivity index (χ0n) is 12.2. The van der Waals surface area contributed by atoms with Gasteiger partial charge in [0, 0.05) is 17.6 Å². The summed E-state index contributed by atoms with van der Waals surface area (Å²) in [5.41, 5.74) is 2.81. The second-order valence-electron chi connectivity index (χ2n) is 5.91. The topological polar surface area (TPSA) is 24.9 Å². The van der Waals surface area contributed by atoms with E-state index in [2.05, 4.69) is 53.8 Å². The van der Waals surface area contributed by atoms with Crippen molar-refractivity contribution in [2.45, 2.75) is 51.1 Å². The molecule has 1 heterocycles. The molecule has 0 saturated carbocycles. The fourth-order valence-corrected chi connectivity index (χ4v) is 4.20. The molecule has 2 aromatic rings. The third-order valence-corrected chi connectivity index (χ3v) is 4.99. The predicted octanol–water partition coefficient (Wildman–Crippen LogP) is 4.11. The van der Waals surface area contributed by atoms with E-state index in [0.717, 1.165) is 6.42 Å². The Labute approximate surface area is 125 Å². The molecule has 3 heteroatoms. The van der Waals surface area contributed by atoms with Gasteiger partial charge >= 0.3 is 0 Å². The Morgan fingerprint density at radius 2 is 2.10 bits per heavy atom. The van der Waals surface area contributed by atoms with E-state index >= 15 is 0 Å². The van der Waals surface area contributed by atoms with E-state index in [4.69, 9.17) is 0 Å². The summed E-state index contributed by atoms with van der Waals surface area (Å²) in [4.78, 5) is 4.66. The molecule has 1 unspecified atom stereocenters. The first kappa shape index (κ1) is 13.8. The number of aryl methyl sites for hydroxylation is 1. The number of aromatic nitrogens is 1. The van der Waals surface area contributed by atoms with Crippen LogP contribution in [0, 0.1) is 0 Å². The summed E-state index contributed by atoms with van der Waals surface area (Å²) >= 11 is 1.77. The number of benzene rings is 1. The van der Waals surface area contributed by atoms with Crippen LogP contribution >= 0.6 is 11.3 Å². The number of nitrogens with zero attached hydrogens (tertiary/aromatic N) is 1. The van der Waals surface area contributed by atoms with Gasteiger partial charge in [-0.1, -0.05) is 30.7 Å². The van der Waals surface area contributed by atoms with Crippen molar-refractivity contribution >= 4 is 11.3 Å². The SMILES string of the molecule is CC(C)NC1(c2nccs2)CCCCc2ccccc21. The number of hydrogen-bond donors (Lipinski definition) is 1. The molecule has 1 atom stereocenters. The Kier molecular flexibility index (Phi) is 3.90. The first-order chi connectivity index (χ1) is 9.72. The Hall–Kier alpha value is -1.19. The quantitative estimate of drug-likeness (QED) is 0.859. The number of fused-ring (bicyclic) bond motifs is 1. The van der Waals surface area contributed by atoms with Gasteiger partial charge in [-0.3, -0.25) is 5.32 Å². The summed E-state index contributed by atoms with van der Waals surface area (Å²) in [6, 6.07) is 9.33. The molecule has 2 nitrogen and oxygen atoms in total. The van der Waals surface area contributed by atoms with Gasteiger partial charge in [0.05, 0.1) is 5.54 Å². The van der Waals surface area contributed by atoms with Crippen LogP contribution in [0.3, 0.4) is 0 Å². The summed E-state index contributed by atoms with van der Waals surface area (Å²) in [5, 5.41) is 7.14. The maximum absolute atomic E-state index is 4.66. The summed E-state index contributed by atoms with van der Waals surface area (Å²) < 4.78 is 0. The highest BCUT2D eigenvalue weighted by atomic mass is 32.1. The van der Waals surface area contributed by atoms with Crippen LogP contribution in [0.4, 0.5) is 0 Å². The van der Waals surface area contributed by atoms with Crippen LogP contribution in [0.5, 0.6) is 0 Å². The fourth-order valence-electron chi connectivity index (χ4n) is 3.36. The highest BCUT2D eigenvalue weighted by Crippen LogP contribution is 2.40. The average molecular weight is 286 g/mol. The van der Waals surface area contributed by atoms with Gasteiger partial charge in [-0.15, -0.1) is 11.3 Å². The van der Waals surface area contributed by atoms with Gasteiger partial charge in [0.2, 0.25) is 0 Å². The van der Waals surface area contributed by atoms with Crippen molar-refractivity contribution in [2.75, 3.05) is 0 Å². The lowest BCUT2D eigenvalue weighted by molar-refractivity contribution is 0.335. The van der Waals surface area contributed by atoms with Gasteiger partial charge in [0.25, 0.3) is 0 Å². The molecule has 0 amide bonds. The predicted molar refractivity (Wildman–Crippen MR) is 85.2 cm³/mol. The maximum Gasteiger partial charge on any atom is 0.117 e. The van der Waals surface area contributed by atoms with E-state index in [0.29, 0.717) is 6.04 Å². The van der Waals surface area contributed by atoms with E-state index in [9.17, 15) is 0 Å². The molecule has 0 fully saturated rings. The lowest BCUT2D eigenvalue weighted by Crippen LogP contribution is -2.47. The molecule has 20 heavy (non-hydrogen) atoms. The Morgan fingerprint density at radius 3 is 2.85 bits per heavy atom. The smallest absolute Gasteiger partial charge is 0.117 e. The number of thiazole rings is 1. The summed E-state index contributed by atoms with van der Waals surface area (Å²) in [7, 11) is 0. The normalized spacial score (nSPS) is 22.6. The second-order valence-corrected chi connectivity index (χ2v) is 6.80. The fraction of sp³-hybridized carbons (Fsp3) is 0.471. The van der Waals surface area contributed by atoms with Crippen molar-refractivity contribution in [3.05, 3.63) is 52.0 Å². The lowest BCUT2D eigenvalue weighted by Gasteiger charge is -2.36. The van der Waals surface area contributed by atoms with Crippen LogP contribution in [-0.2, 0) is 12.0 Å². The molecule has 1 aromatic heterocycles. The number of nitrogens with one attached hydrogen (secondary N) is 1. The van der Waals surface area contributed by atoms with E-state index in [1.165, 1.54) is 35.4 Å². The van der Waals surface area contributed by atoms with Gasteiger partial charge in [-0.05, 0) is 44.2 Å². The van der Waals surface area contributed by atoms with Crippen LogP contribution in [-0.4, -0.2) is 11.0 Å². The zero-order valence-corrected chi connectivity index (χ0v) is 13.0. The highest BCUT2D eigenvalue weighted by Gasteiger charge is 2.39. The molecule has 1 aromatic carbocycles. The van der Waals surface area contributed by atoms with Crippen LogP contribution in [0.2, 0.25) is 0 Å². The molecule has 3 rings (SSSR count). The lowest BCUT2D eigenvalue weighted by atomic mass is 9.84. The van der Waals surface area contributed by atoms with Crippen LogP contribution in [0.1, 0.15) is 49.2 Å². The van der Waals surface area contributed by atoms with Crippen molar-refractivity contribution in [1.82, 2.24) is 10.3 Å². The van der Waals surface area contributed by atoms with Crippen LogP contribution < -0.4 is 5.32 Å². The first-order valence-corrected chi connectivity index (χ1v) is 8.36. The Balaban J connectivity index is 2.18. The van der Waals surface area contributed by atoms with Crippen LogP contribution in [0.15, 0.2) is 35.8 Å². The maximum atomic E-state index is 4.66. The summed E-state index contributed by atoms with van der Waals surface area (Å²) in [6.07, 6.45) is 6.76. The van der Waals surface area contributed by atoms with E-state index in [-0.39, 0.29) is 5.54 Å². The minimum absolute atomic E-state index is 0.102. The molecule has 0 aliphatic heterocycles. The van der Waals surface area contributed by atoms with Gasteiger partial charge in [-0.2, -0.15) is 0 Å². The van der Waals surface area contributed by atoms with Gasteiger partial charge < -0.3 is 0 Å². The minimum atomic E-state index is -0.102. The summed E-state index contributed by atoms with van der Waals surface area (Å²) in [5.74, 6) is 0. The molecule has 0 spiro atoms. The van der Waals surface area contributed by atoms with Gasteiger partial charge in [0.1, 0.15) is 5.01 Å². The van der Waals surface area contributed by atoms with E-state index in [1.807, 2.05) is 6.20 Å². The van der Waals surface area contributed by atoms with Gasteiger partial charge in [0.15, 0.2) is 0 Å². The molecule has 1 aliphatic carbocycles. The molecule has 106 valence electrons. The molecular weight excluding hydrogens is 264 g/mol. The monoisotopic (exact) mass is 286 g/mol. The third kappa shape index (κ3) is 2.40. The Morgan fingerprint density at radius 1 is 1.25 bits per heavy atom. The molecular formula is C17H22N2S. The zero-order chi connectivity index (χ0) is 14.0. The van der Waals surface area contributed by atoms with Crippen LogP contribution in [0.25, 0.3) is 0 Å². The molecule has 0 saturated heterocycles. The largest absolute Gasteiger partial charge is 0.299 e. The van der Waals surface area contributed by atoms with E-state index < -0.39 is 0 Å². The van der Waals surface area contributed by atoms with E-state index in [1.54, 1.807) is 11.3 Å². The van der Waals surface area contributed by atoms with Crippen molar-refractivity contribution in [3.8, 4) is 0 Å². The standard InChI is InChI=1S/C17H22N2S/c1-13(2)19-17(16-18-11-12-20-16)10-6-5-8-14-7-3-4-9-15(14)17/h3-4,7,9,11-13,19H,5-6,8,10H2,1-2H3. The van der Waals surface area contributed by atoms with Crippen molar-refractivity contribution in [2.24, 2.45) is 0 Å². The number of hydrogen-bond acceptors (Lipinski definition) is 3. The summed E-state index contributed by atoms with van der Waals surface area (Å²) in [6.45, 7) is 4.45. The van der Waals surface area contributed by atoms with Crippen molar-refractivity contribution in [3.63, 3.8) is 0 Å². The third-order valence-electron chi connectivity index (χ3n) is 4.06. The molecule has 1 aliphatic rings. The average Bonchev–Trinajstić information content (AvgIpc) is 2.91. The molecule has 1 N–H and O–H groups in total. The highest BCUT2D eigenvalue weighted by molar-refractivity contribution is 7.09. The minimum Gasteiger partial charge on any atom is -0.299 e. The first-order valence-electron chi connectivity index (χ1n) is 7.48. The van der Waals surface area contributed by atoms with Crippen molar-refractivity contribution < 1.29 is 0 Å². The molecule has 0 radical (unpaired) electrons. The molecule has 0 bridgehead atoms. The van der Waals surface area contributed by atoms with Crippen molar-refractivity contribution in [1.29, 1.82) is 0 Å². The number of rotatable bonds is 3. The second kappa shape index (κ2) is 5.66. The van der Waals surface area contributed by atoms with Gasteiger partial charge in [-0.25, -0.2) is 4.98 Å². The Bertz CT molecular complexity index is 562.